The van der Waals surface area contributed by atoms with Crippen LogP contribution in [0.25, 0.3) is 0 Å². The molecule has 0 saturated carbocycles. The summed E-state index contributed by atoms with van der Waals surface area (Å²) in [5.74, 6) is 7.61. The molecular weight excluding hydrogens is 384 g/mol. The highest BCUT2D eigenvalue weighted by atomic mass is 32.1. The van der Waals surface area contributed by atoms with Gasteiger partial charge in [-0.15, -0.1) is 11.3 Å². The fourth-order valence-electron chi connectivity index (χ4n) is 3.65. The molecule has 0 amide bonds. The Morgan fingerprint density at radius 3 is 2.86 bits per heavy atom. The van der Waals surface area contributed by atoms with E-state index < -0.39 is 5.60 Å². The molecule has 1 fully saturated rings. The number of likely N-dealkylation sites (tertiary alicyclic amines) is 1. The number of nitrogens with zero attached hydrogens (tertiary/aromatic N) is 1. The predicted octanol–water partition coefficient (Wildman–Crippen LogP) is 3.72. The van der Waals surface area contributed by atoms with Gasteiger partial charge in [0.2, 0.25) is 0 Å². The zero-order valence-electron chi connectivity index (χ0n) is 17.0. The highest BCUT2D eigenvalue weighted by Gasteiger charge is 2.21. The minimum Gasteiger partial charge on any atom is -0.486 e. The molecule has 0 radical (unpaired) electrons. The van der Waals surface area contributed by atoms with Crippen molar-refractivity contribution >= 4 is 17.0 Å². The van der Waals surface area contributed by atoms with Crippen LogP contribution in [0.3, 0.4) is 0 Å². The number of aliphatic hydroxyl groups is 1. The summed E-state index contributed by atoms with van der Waals surface area (Å²) >= 11 is 1.71. The maximum Gasteiger partial charge on any atom is 0.163 e. The average molecular weight is 413 g/mol. The molecule has 29 heavy (non-hydrogen) atoms. The Morgan fingerprint density at radius 2 is 2.03 bits per heavy atom. The van der Waals surface area contributed by atoms with E-state index in [0.717, 1.165) is 48.1 Å². The van der Waals surface area contributed by atoms with Crippen LogP contribution in [0.4, 0.5) is 5.69 Å². The Labute approximate surface area is 176 Å². The monoisotopic (exact) mass is 412 g/mol. The van der Waals surface area contributed by atoms with Crippen LogP contribution in [-0.2, 0) is 6.54 Å². The van der Waals surface area contributed by atoms with Crippen LogP contribution in [0, 0.1) is 11.8 Å². The number of fused-ring (bicyclic) bond motifs is 1. The van der Waals surface area contributed by atoms with Gasteiger partial charge in [-0.2, -0.15) is 0 Å². The first-order valence-electron chi connectivity index (χ1n) is 10.2. The highest BCUT2D eigenvalue weighted by molar-refractivity contribution is 7.12. The molecule has 1 saturated heterocycles. The summed E-state index contributed by atoms with van der Waals surface area (Å²) in [7, 11) is 0. The normalized spacial score (nSPS) is 19.3. The van der Waals surface area contributed by atoms with Crippen molar-refractivity contribution in [2.24, 2.45) is 0 Å². The molecule has 2 aromatic rings. The minimum atomic E-state index is -0.955. The first kappa shape index (κ1) is 20.1. The van der Waals surface area contributed by atoms with E-state index in [9.17, 15) is 5.11 Å². The third kappa shape index (κ3) is 5.66. The summed E-state index contributed by atoms with van der Waals surface area (Å²) < 4.78 is 11.3. The van der Waals surface area contributed by atoms with Gasteiger partial charge in [0.05, 0.1) is 4.88 Å². The molecule has 2 aliphatic rings. The molecule has 154 valence electrons. The van der Waals surface area contributed by atoms with Gasteiger partial charge in [-0.05, 0) is 57.5 Å². The van der Waals surface area contributed by atoms with Gasteiger partial charge in [-0.1, -0.05) is 11.8 Å². The molecule has 2 aliphatic heterocycles. The van der Waals surface area contributed by atoms with E-state index in [1.54, 1.807) is 25.2 Å². The van der Waals surface area contributed by atoms with Gasteiger partial charge in [0.25, 0.3) is 0 Å². The molecule has 1 atom stereocenters. The minimum absolute atomic E-state index is 0.417. The number of benzene rings is 1. The number of rotatable bonds is 4. The van der Waals surface area contributed by atoms with Crippen LogP contribution in [0.15, 0.2) is 30.3 Å². The zero-order valence-corrected chi connectivity index (χ0v) is 17.8. The molecule has 6 heteroatoms. The molecule has 3 heterocycles. The first-order valence-corrected chi connectivity index (χ1v) is 11.0. The van der Waals surface area contributed by atoms with Crippen molar-refractivity contribution in [3.63, 3.8) is 0 Å². The van der Waals surface area contributed by atoms with Gasteiger partial charge < -0.3 is 19.9 Å². The van der Waals surface area contributed by atoms with Crippen molar-refractivity contribution < 1.29 is 14.6 Å². The van der Waals surface area contributed by atoms with Crippen LogP contribution in [0.2, 0.25) is 0 Å². The number of hydrogen-bond donors (Lipinski definition) is 2. The number of ether oxygens (including phenoxy) is 2. The smallest absolute Gasteiger partial charge is 0.163 e. The van der Waals surface area contributed by atoms with Gasteiger partial charge in [-0.25, -0.2) is 0 Å². The molecular formula is C23H28N2O3S. The zero-order chi connectivity index (χ0) is 20.3. The van der Waals surface area contributed by atoms with Gasteiger partial charge in [-0.3, -0.25) is 4.90 Å². The molecule has 4 rings (SSSR count). The number of nitrogens with one attached hydrogen (secondary N) is 1. The molecule has 0 aliphatic carbocycles. The molecule has 2 N–H and O–H groups in total. The lowest BCUT2D eigenvalue weighted by Crippen LogP contribution is -2.41. The van der Waals surface area contributed by atoms with Gasteiger partial charge in [0, 0.05) is 35.8 Å². The number of piperidine rings is 1. The second-order valence-corrected chi connectivity index (χ2v) is 9.32. The second-order valence-electron chi connectivity index (χ2n) is 8.15. The van der Waals surface area contributed by atoms with E-state index in [0.29, 0.717) is 19.3 Å². The molecule has 1 aromatic carbocycles. The van der Waals surface area contributed by atoms with Gasteiger partial charge >= 0.3 is 0 Å². The van der Waals surface area contributed by atoms with Crippen LogP contribution in [-0.4, -0.2) is 48.0 Å². The molecule has 1 aromatic heterocycles. The van der Waals surface area contributed by atoms with E-state index >= 15 is 0 Å². The lowest BCUT2D eigenvalue weighted by molar-refractivity contribution is 0.143. The number of thiophene rings is 1. The second kappa shape index (κ2) is 8.66. The third-order valence-electron chi connectivity index (χ3n) is 4.95. The lowest BCUT2D eigenvalue weighted by Gasteiger charge is -2.33. The Morgan fingerprint density at radius 1 is 1.21 bits per heavy atom. The predicted molar refractivity (Wildman–Crippen MR) is 117 cm³/mol. The maximum atomic E-state index is 9.76. The summed E-state index contributed by atoms with van der Waals surface area (Å²) in [6, 6.07) is 10.7. The SMILES string of the molecule is CC(C)(O)C#Cc1ccc(CN2CCCC(Nc3ccc4c(c3)OCCO4)C2)s1. The Kier molecular flexibility index (Phi) is 6.00. The molecule has 1 unspecified atom stereocenters. The van der Waals surface area contributed by atoms with Crippen LogP contribution >= 0.6 is 11.3 Å². The fraction of sp³-hybridized carbons (Fsp3) is 0.478. The number of anilines is 1. The topological polar surface area (TPSA) is 54.0 Å². The van der Waals surface area contributed by atoms with Crippen molar-refractivity contribution in [1.82, 2.24) is 4.90 Å². The molecule has 0 bridgehead atoms. The lowest BCUT2D eigenvalue weighted by atomic mass is 10.1. The standard InChI is InChI=1S/C23H28N2O3S/c1-23(2,26)10-9-19-6-7-20(29-19)16-25-11-3-4-18(15-25)24-17-5-8-21-22(14-17)28-13-12-27-21/h5-8,14,18,24,26H,3-4,11-13,15-16H2,1-2H3. The van der Waals surface area contributed by atoms with Crippen molar-refractivity contribution in [3.8, 4) is 23.3 Å². The van der Waals surface area contributed by atoms with E-state index in [1.165, 1.54) is 11.3 Å². The average Bonchev–Trinajstić information content (AvgIpc) is 3.13. The van der Waals surface area contributed by atoms with Crippen LogP contribution in [0.5, 0.6) is 11.5 Å². The quantitative estimate of drug-likeness (QED) is 0.750. The van der Waals surface area contributed by atoms with Gasteiger partial charge in [0.1, 0.15) is 18.8 Å². The van der Waals surface area contributed by atoms with E-state index in [1.807, 2.05) is 18.2 Å². The number of hydrogen-bond acceptors (Lipinski definition) is 6. The summed E-state index contributed by atoms with van der Waals surface area (Å²) in [4.78, 5) is 4.81. The summed E-state index contributed by atoms with van der Waals surface area (Å²) in [6.45, 7) is 7.70. The maximum absolute atomic E-state index is 9.76. The Balaban J connectivity index is 1.34. The summed E-state index contributed by atoms with van der Waals surface area (Å²) in [5, 5.41) is 13.4. The van der Waals surface area contributed by atoms with Crippen molar-refractivity contribution in [3.05, 3.63) is 40.1 Å². The van der Waals surface area contributed by atoms with Crippen molar-refractivity contribution in [2.75, 3.05) is 31.6 Å². The Bertz CT molecular complexity index is 907. The molecule has 0 spiro atoms. The third-order valence-corrected chi connectivity index (χ3v) is 5.94. The Hall–Kier alpha value is -2.20. The highest BCUT2D eigenvalue weighted by Crippen LogP contribution is 2.33. The van der Waals surface area contributed by atoms with Crippen molar-refractivity contribution in [2.45, 2.75) is 44.9 Å². The fourth-order valence-corrected chi connectivity index (χ4v) is 4.55. The summed E-state index contributed by atoms with van der Waals surface area (Å²) in [6.07, 6.45) is 2.34. The molecule has 5 nitrogen and oxygen atoms in total. The van der Waals surface area contributed by atoms with Gasteiger partial charge in [0.15, 0.2) is 11.5 Å². The van der Waals surface area contributed by atoms with Crippen LogP contribution < -0.4 is 14.8 Å². The van der Waals surface area contributed by atoms with E-state index in [2.05, 4.69) is 34.2 Å². The van der Waals surface area contributed by atoms with Crippen LogP contribution in [0.1, 0.15) is 36.4 Å². The first-order chi connectivity index (χ1) is 13.9. The van der Waals surface area contributed by atoms with E-state index in [-0.39, 0.29) is 0 Å². The summed E-state index contributed by atoms with van der Waals surface area (Å²) in [5.41, 5.74) is 0.130. The van der Waals surface area contributed by atoms with E-state index in [4.69, 9.17) is 9.47 Å². The van der Waals surface area contributed by atoms with Crippen molar-refractivity contribution in [1.29, 1.82) is 0 Å². The largest absolute Gasteiger partial charge is 0.486 e.